The predicted molar refractivity (Wildman–Crippen MR) is 153 cm³/mol. The maximum Gasteiger partial charge on any atom is 0.251 e. The molecular weight excluding hydrogens is 444 g/mol. The highest BCUT2D eigenvalue weighted by Crippen LogP contribution is 2.26. The molecule has 0 fully saturated rings. The van der Waals surface area contributed by atoms with Gasteiger partial charge in [0.15, 0.2) is 0 Å². The Balaban J connectivity index is 1.67. The first kappa shape index (κ1) is 30.4. The van der Waals surface area contributed by atoms with Crippen molar-refractivity contribution in [1.29, 1.82) is 0 Å². The molecule has 1 aromatic rings. The lowest BCUT2D eigenvalue weighted by molar-refractivity contribution is -0.125. The summed E-state index contributed by atoms with van der Waals surface area (Å²) in [4.78, 5) is 25.4. The summed E-state index contributed by atoms with van der Waals surface area (Å²) in [6.07, 6.45) is 22.7. The monoisotopic (exact) mass is 498 g/mol. The third-order valence-electron chi connectivity index (χ3n) is 7.70. The second-order valence-corrected chi connectivity index (χ2v) is 10.9. The van der Waals surface area contributed by atoms with E-state index in [0.29, 0.717) is 0 Å². The Hall–Kier alpha value is -1.84. The molecule has 0 heterocycles. The van der Waals surface area contributed by atoms with Gasteiger partial charge in [-0.05, 0) is 61.8 Å². The van der Waals surface area contributed by atoms with Crippen LogP contribution in [-0.2, 0) is 17.6 Å². The van der Waals surface area contributed by atoms with E-state index in [2.05, 4.69) is 36.6 Å². The second-order valence-electron chi connectivity index (χ2n) is 10.9. The molecule has 1 aliphatic carbocycles. The number of hydrogen-bond donors (Lipinski definition) is 2. The van der Waals surface area contributed by atoms with Crippen LogP contribution in [0, 0.1) is 5.92 Å². The molecule has 2 amide bonds. The third kappa shape index (κ3) is 12.4. The van der Waals surface area contributed by atoms with Crippen molar-refractivity contribution in [2.24, 2.45) is 5.92 Å². The summed E-state index contributed by atoms with van der Waals surface area (Å²) >= 11 is 0. The highest BCUT2D eigenvalue weighted by Gasteiger charge is 2.23. The molecular formula is C32H54N2O2. The maximum atomic E-state index is 12.8. The zero-order valence-electron chi connectivity index (χ0n) is 23.5. The second kappa shape index (κ2) is 19.3. The molecule has 0 saturated heterocycles. The number of nitrogens with one attached hydrogen (secondary N) is 2. The van der Waals surface area contributed by atoms with Gasteiger partial charge in [0.25, 0.3) is 5.91 Å². The van der Waals surface area contributed by atoms with Gasteiger partial charge >= 0.3 is 0 Å². The van der Waals surface area contributed by atoms with Crippen molar-refractivity contribution in [1.82, 2.24) is 10.6 Å². The van der Waals surface area contributed by atoms with Gasteiger partial charge in [-0.2, -0.15) is 0 Å². The molecule has 0 spiro atoms. The van der Waals surface area contributed by atoms with Crippen LogP contribution in [0.1, 0.15) is 144 Å². The molecule has 204 valence electrons. The molecule has 4 heteroatoms. The average Bonchev–Trinajstić information content (AvgIpc) is 3.11. The summed E-state index contributed by atoms with van der Waals surface area (Å²) in [5.41, 5.74) is 3.25. The number of carbonyl (C=O) groups excluding carboxylic acids is 2. The first-order valence-corrected chi connectivity index (χ1v) is 15.3. The van der Waals surface area contributed by atoms with E-state index in [4.69, 9.17) is 0 Å². The minimum absolute atomic E-state index is 0.0369. The Bertz CT molecular complexity index is 746. The smallest absolute Gasteiger partial charge is 0.251 e. The van der Waals surface area contributed by atoms with Crippen LogP contribution < -0.4 is 10.6 Å². The fourth-order valence-corrected chi connectivity index (χ4v) is 5.33. The predicted octanol–water partition coefficient (Wildman–Crippen LogP) is 7.92. The number of hydrogen-bond acceptors (Lipinski definition) is 2. The lowest BCUT2D eigenvalue weighted by atomic mass is 9.95. The normalized spacial score (nSPS) is 15.2. The molecule has 2 N–H and O–H groups in total. The van der Waals surface area contributed by atoms with Gasteiger partial charge in [0, 0.05) is 24.6 Å². The van der Waals surface area contributed by atoms with Crippen LogP contribution in [0.5, 0.6) is 0 Å². The van der Waals surface area contributed by atoms with Crippen molar-refractivity contribution in [2.75, 3.05) is 13.1 Å². The molecule has 1 unspecified atom stereocenters. The average molecular weight is 499 g/mol. The molecule has 4 nitrogen and oxygen atoms in total. The van der Waals surface area contributed by atoms with E-state index in [1.807, 2.05) is 6.07 Å². The lowest BCUT2D eigenvalue weighted by Crippen LogP contribution is -2.32. The zero-order chi connectivity index (χ0) is 25.8. The molecule has 36 heavy (non-hydrogen) atoms. The highest BCUT2D eigenvalue weighted by molar-refractivity contribution is 5.94. The number of fused-ring (bicyclic) bond motifs is 1. The topological polar surface area (TPSA) is 58.2 Å². The van der Waals surface area contributed by atoms with Crippen LogP contribution in [-0.4, -0.2) is 24.9 Å². The number of rotatable bonds is 19. The van der Waals surface area contributed by atoms with Crippen LogP contribution in [0.4, 0.5) is 0 Å². The summed E-state index contributed by atoms with van der Waals surface area (Å²) in [5, 5.41) is 6.29. The van der Waals surface area contributed by atoms with Gasteiger partial charge in [-0.3, -0.25) is 9.59 Å². The fourth-order valence-electron chi connectivity index (χ4n) is 5.33. The summed E-state index contributed by atoms with van der Waals surface area (Å²) in [6.45, 7) is 6.05. The number of amides is 2. The summed E-state index contributed by atoms with van der Waals surface area (Å²) in [5.74, 6) is 0.298. The van der Waals surface area contributed by atoms with E-state index >= 15 is 0 Å². The Morgan fingerprint density at radius 3 is 1.89 bits per heavy atom. The van der Waals surface area contributed by atoms with Gasteiger partial charge in [0.1, 0.15) is 0 Å². The number of benzene rings is 1. The quantitative estimate of drug-likeness (QED) is 0.150. The molecule has 2 rings (SSSR count). The van der Waals surface area contributed by atoms with E-state index in [0.717, 1.165) is 57.2 Å². The van der Waals surface area contributed by atoms with Crippen LogP contribution in [0.25, 0.3) is 0 Å². The zero-order valence-corrected chi connectivity index (χ0v) is 23.5. The van der Waals surface area contributed by atoms with Crippen molar-refractivity contribution in [3.8, 4) is 0 Å². The third-order valence-corrected chi connectivity index (χ3v) is 7.70. The molecule has 0 aliphatic heterocycles. The highest BCUT2D eigenvalue weighted by atomic mass is 16.2. The summed E-state index contributed by atoms with van der Waals surface area (Å²) in [6, 6.07) is 6.10. The molecule has 0 radical (unpaired) electrons. The van der Waals surface area contributed by atoms with E-state index in [-0.39, 0.29) is 17.7 Å². The first-order chi connectivity index (χ1) is 17.7. The molecule has 1 aliphatic rings. The van der Waals surface area contributed by atoms with Gasteiger partial charge in [0.2, 0.25) is 5.91 Å². The molecule has 0 saturated carbocycles. The molecule has 1 aromatic carbocycles. The summed E-state index contributed by atoms with van der Waals surface area (Å²) in [7, 11) is 0. The Morgan fingerprint density at radius 2 is 1.28 bits per heavy atom. The molecule has 0 aromatic heterocycles. The van der Waals surface area contributed by atoms with Gasteiger partial charge in [-0.1, -0.05) is 103 Å². The van der Waals surface area contributed by atoms with Gasteiger partial charge in [0.05, 0.1) is 0 Å². The van der Waals surface area contributed by atoms with E-state index < -0.39 is 0 Å². The van der Waals surface area contributed by atoms with Crippen LogP contribution >= 0.6 is 0 Å². The summed E-state index contributed by atoms with van der Waals surface area (Å²) < 4.78 is 0. The van der Waals surface area contributed by atoms with E-state index in [1.54, 1.807) is 0 Å². The van der Waals surface area contributed by atoms with Crippen molar-refractivity contribution < 1.29 is 9.59 Å². The SMILES string of the molecule is CCCCCCCCCCCNC(=O)c1ccc2c(c1)CCCC(C(=O)NCCCCCCCC)C2. The van der Waals surface area contributed by atoms with Crippen LogP contribution in [0.2, 0.25) is 0 Å². The Kier molecular flexibility index (Phi) is 16.3. The van der Waals surface area contributed by atoms with E-state index in [9.17, 15) is 9.59 Å². The van der Waals surface area contributed by atoms with Gasteiger partial charge < -0.3 is 10.6 Å². The maximum absolute atomic E-state index is 12.8. The fraction of sp³-hybridized carbons (Fsp3) is 0.750. The van der Waals surface area contributed by atoms with Crippen molar-refractivity contribution in [3.05, 3.63) is 34.9 Å². The number of carbonyl (C=O) groups is 2. The largest absolute Gasteiger partial charge is 0.356 e. The van der Waals surface area contributed by atoms with Crippen molar-refractivity contribution in [3.63, 3.8) is 0 Å². The van der Waals surface area contributed by atoms with Crippen LogP contribution in [0.3, 0.4) is 0 Å². The van der Waals surface area contributed by atoms with Crippen molar-refractivity contribution >= 4 is 11.8 Å². The Morgan fingerprint density at radius 1 is 0.722 bits per heavy atom. The number of unbranched alkanes of at least 4 members (excludes halogenated alkanes) is 13. The Labute approximate surface area is 221 Å². The minimum Gasteiger partial charge on any atom is -0.356 e. The van der Waals surface area contributed by atoms with Crippen LogP contribution in [0.15, 0.2) is 18.2 Å². The standard InChI is InChI=1S/C32H54N2O2/c1-3-5-7-9-11-12-13-15-17-24-34-32(36)30-22-21-28-26-29(20-18-19-27(28)25-30)31(35)33-23-16-14-10-8-6-4-2/h21-22,25,29H,3-20,23-24,26H2,1-2H3,(H,33,35)(H,34,36). The van der Waals surface area contributed by atoms with Gasteiger partial charge in [-0.15, -0.1) is 0 Å². The molecule has 1 atom stereocenters. The number of aryl methyl sites for hydroxylation is 1. The molecule has 0 bridgehead atoms. The van der Waals surface area contributed by atoms with E-state index in [1.165, 1.54) is 94.6 Å². The lowest BCUT2D eigenvalue weighted by Gasteiger charge is -2.15. The minimum atomic E-state index is 0.0369. The first-order valence-electron chi connectivity index (χ1n) is 15.3. The van der Waals surface area contributed by atoms with Crippen molar-refractivity contribution in [2.45, 2.75) is 136 Å². The van der Waals surface area contributed by atoms with Gasteiger partial charge in [-0.25, -0.2) is 0 Å².